The molecule has 21 heavy (non-hydrogen) atoms. The van der Waals surface area contributed by atoms with Gasteiger partial charge in [0.05, 0.1) is 16.1 Å². The minimum atomic E-state index is -2.61. The predicted molar refractivity (Wildman–Crippen MR) is 76.9 cm³/mol. The van der Waals surface area contributed by atoms with E-state index in [4.69, 9.17) is 9.31 Å². The van der Waals surface area contributed by atoms with Crippen molar-refractivity contribution in [3.63, 3.8) is 0 Å². The Kier molecular flexibility index (Phi) is 4.25. The third-order valence-corrected chi connectivity index (χ3v) is 5.00. The fraction of sp³-hybridized carbons (Fsp3) is 0.615. The molecule has 0 unspecified atom stereocenters. The van der Waals surface area contributed by atoms with Gasteiger partial charge in [0.25, 0.3) is 6.43 Å². The van der Waals surface area contributed by atoms with Crippen LogP contribution in [0.2, 0.25) is 0 Å². The molecule has 0 saturated carbocycles. The highest BCUT2D eigenvalue weighted by molar-refractivity contribution is 7.12. The third-order valence-electron chi connectivity index (χ3n) is 3.88. The maximum atomic E-state index is 14.5. The summed E-state index contributed by atoms with van der Waals surface area (Å²) in [6.07, 6.45) is -1.55. The number of halogens is 3. The number of allylic oxidation sites excluding steroid dienone is 1. The molecule has 0 N–H and O–H groups in total. The minimum Gasteiger partial charge on any atom is -0.398 e. The molecular formula is C13H17BF3NO2S. The molecule has 0 bridgehead atoms. The summed E-state index contributed by atoms with van der Waals surface area (Å²) in [5, 5.41) is 0.206. The van der Waals surface area contributed by atoms with Crippen molar-refractivity contribution in [1.82, 2.24) is 4.98 Å². The summed E-state index contributed by atoms with van der Waals surface area (Å²) < 4.78 is 50.8. The molecule has 2 rings (SSSR count). The van der Waals surface area contributed by atoms with Gasteiger partial charge in [0.2, 0.25) is 0 Å². The first-order valence-corrected chi connectivity index (χ1v) is 7.33. The summed E-state index contributed by atoms with van der Waals surface area (Å²) in [4.78, 5) is 3.64. The van der Waals surface area contributed by atoms with E-state index in [2.05, 4.69) is 4.98 Å². The van der Waals surface area contributed by atoms with Gasteiger partial charge >= 0.3 is 7.12 Å². The number of aromatic nitrogens is 1. The first-order chi connectivity index (χ1) is 9.55. The average molecular weight is 319 g/mol. The lowest BCUT2D eigenvalue weighted by Crippen LogP contribution is -2.41. The van der Waals surface area contributed by atoms with Gasteiger partial charge in [-0.1, -0.05) is 0 Å². The zero-order chi connectivity index (χ0) is 16.0. The number of nitrogens with zero attached hydrogens (tertiary/aromatic N) is 1. The zero-order valence-electron chi connectivity index (χ0n) is 12.5. The summed E-state index contributed by atoms with van der Waals surface area (Å²) in [5.41, 5.74) is -1.80. The van der Waals surface area contributed by atoms with Gasteiger partial charge < -0.3 is 9.31 Å². The van der Waals surface area contributed by atoms with Gasteiger partial charge in [-0.2, -0.15) is 0 Å². The normalized spacial score (nSPS) is 21.9. The number of rotatable bonds is 3. The van der Waals surface area contributed by atoms with E-state index >= 15 is 0 Å². The van der Waals surface area contributed by atoms with Crippen molar-refractivity contribution in [3.05, 3.63) is 21.8 Å². The summed E-state index contributed by atoms with van der Waals surface area (Å²) in [5.74, 6) is 0. The standard InChI is InChI=1S/C13H17BF3NO2S/c1-7(11-18-6-8(21-11)10(16)17)9(15)14-19-12(2,3)13(4,5)20-14/h6,10H,1-5H3. The van der Waals surface area contributed by atoms with E-state index in [1.54, 1.807) is 0 Å². The second-order valence-corrected chi connectivity index (χ2v) is 6.99. The van der Waals surface area contributed by atoms with Crippen molar-refractivity contribution in [2.24, 2.45) is 0 Å². The molecule has 0 radical (unpaired) electrons. The van der Waals surface area contributed by atoms with Gasteiger partial charge in [0, 0.05) is 11.8 Å². The van der Waals surface area contributed by atoms with Crippen LogP contribution in [-0.4, -0.2) is 23.3 Å². The Hall–Kier alpha value is -0.855. The fourth-order valence-corrected chi connectivity index (χ4v) is 2.56. The maximum absolute atomic E-state index is 14.5. The van der Waals surface area contributed by atoms with Crippen LogP contribution in [0.3, 0.4) is 0 Å². The molecule has 1 aliphatic heterocycles. The zero-order valence-corrected chi connectivity index (χ0v) is 13.4. The quantitative estimate of drug-likeness (QED) is 0.773. The van der Waals surface area contributed by atoms with Crippen LogP contribution in [0.4, 0.5) is 13.2 Å². The summed E-state index contributed by atoms with van der Waals surface area (Å²) >= 11 is 0.766. The second kappa shape index (κ2) is 5.41. The average Bonchev–Trinajstić information content (AvgIpc) is 2.91. The van der Waals surface area contributed by atoms with Crippen molar-refractivity contribution < 1.29 is 22.5 Å². The van der Waals surface area contributed by atoms with Crippen LogP contribution >= 0.6 is 11.3 Å². The lowest BCUT2D eigenvalue weighted by atomic mass is 9.85. The van der Waals surface area contributed by atoms with E-state index in [1.807, 2.05) is 27.7 Å². The van der Waals surface area contributed by atoms with Gasteiger partial charge in [-0.3, -0.25) is 0 Å². The smallest absolute Gasteiger partial charge is 0.398 e. The molecule has 2 heterocycles. The van der Waals surface area contributed by atoms with Crippen LogP contribution in [-0.2, 0) is 9.31 Å². The summed E-state index contributed by atoms with van der Waals surface area (Å²) in [7, 11) is -1.14. The van der Waals surface area contributed by atoms with Gasteiger partial charge in [-0.05, 0) is 34.6 Å². The molecule has 116 valence electrons. The van der Waals surface area contributed by atoms with E-state index in [9.17, 15) is 13.2 Å². The molecular weight excluding hydrogens is 302 g/mol. The van der Waals surface area contributed by atoms with E-state index < -0.39 is 30.5 Å². The van der Waals surface area contributed by atoms with Crippen LogP contribution in [0.5, 0.6) is 0 Å². The second-order valence-electron chi connectivity index (χ2n) is 5.93. The van der Waals surface area contributed by atoms with Crippen molar-refractivity contribution in [3.8, 4) is 0 Å². The largest absolute Gasteiger partial charge is 0.525 e. The minimum absolute atomic E-state index is 0.158. The molecule has 8 heteroatoms. The first kappa shape index (κ1) is 16.5. The van der Waals surface area contributed by atoms with Gasteiger partial charge in [0.15, 0.2) is 0 Å². The Morgan fingerprint density at radius 1 is 1.24 bits per heavy atom. The van der Waals surface area contributed by atoms with E-state index in [0.717, 1.165) is 17.5 Å². The molecule has 1 aromatic rings. The van der Waals surface area contributed by atoms with E-state index in [-0.39, 0.29) is 15.5 Å². The Bertz CT molecular complexity index is 556. The Balaban J connectivity index is 2.27. The van der Waals surface area contributed by atoms with Crippen LogP contribution in [0, 0.1) is 0 Å². The number of hydrogen-bond donors (Lipinski definition) is 0. The van der Waals surface area contributed by atoms with Crippen molar-refractivity contribution in [2.45, 2.75) is 52.2 Å². The van der Waals surface area contributed by atoms with Crippen LogP contribution in [0.1, 0.15) is 50.9 Å². The van der Waals surface area contributed by atoms with Crippen LogP contribution in [0.15, 0.2) is 11.9 Å². The van der Waals surface area contributed by atoms with Crippen LogP contribution < -0.4 is 0 Å². The monoisotopic (exact) mass is 319 g/mol. The predicted octanol–water partition coefficient (Wildman–Crippen LogP) is 4.41. The number of alkyl halides is 2. The Labute approximate surface area is 126 Å². The van der Waals surface area contributed by atoms with Crippen LogP contribution in [0.25, 0.3) is 5.57 Å². The molecule has 0 amide bonds. The van der Waals surface area contributed by atoms with E-state index in [1.165, 1.54) is 6.92 Å². The fourth-order valence-electron chi connectivity index (χ4n) is 1.79. The van der Waals surface area contributed by atoms with E-state index in [0.29, 0.717) is 0 Å². The molecule has 3 nitrogen and oxygen atoms in total. The summed E-state index contributed by atoms with van der Waals surface area (Å²) in [6, 6.07) is 0. The van der Waals surface area contributed by atoms with Crippen molar-refractivity contribution >= 4 is 24.0 Å². The molecule has 1 fully saturated rings. The van der Waals surface area contributed by atoms with Crippen molar-refractivity contribution in [1.29, 1.82) is 0 Å². The van der Waals surface area contributed by atoms with Gasteiger partial charge in [-0.15, -0.1) is 11.3 Å². The lowest BCUT2D eigenvalue weighted by Gasteiger charge is -2.32. The SMILES string of the molecule is CC(=C(F)B1OC(C)(C)C(C)(C)O1)c1ncc(C(F)F)s1. The first-order valence-electron chi connectivity index (χ1n) is 6.51. The molecule has 0 aliphatic carbocycles. The molecule has 0 aromatic carbocycles. The third kappa shape index (κ3) is 3.02. The number of thiazole rings is 1. The maximum Gasteiger partial charge on any atom is 0.525 e. The topological polar surface area (TPSA) is 31.4 Å². The highest BCUT2D eigenvalue weighted by Crippen LogP contribution is 2.40. The Morgan fingerprint density at radius 2 is 1.76 bits per heavy atom. The molecule has 1 saturated heterocycles. The molecule has 0 spiro atoms. The Morgan fingerprint density at radius 3 is 2.19 bits per heavy atom. The molecule has 1 aromatic heterocycles. The van der Waals surface area contributed by atoms with Gasteiger partial charge in [0.1, 0.15) is 10.7 Å². The number of hydrogen-bond acceptors (Lipinski definition) is 4. The highest BCUT2D eigenvalue weighted by Gasteiger charge is 2.53. The highest BCUT2D eigenvalue weighted by atomic mass is 32.1. The summed E-state index contributed by atoms with van der Waals surface area (Å²) in [6.45, 7) is 8.73. The lowest BCUT2D eigenvalue weighted by molar-refractivity contribution is 0.00578. The molecule has 0 atom stereocenters. The molecule has 1 aliphatic rings. The van der Waals surface area contributed by atoms with Crippen molar-refractivity contribution in [2.75, 3.05) is 0 Å². The van der Waals surface area contributed by atoms with Gasteiger partial charge in [-0.25, -0.2) is 18.2 Å².